The quantitative estimate of drug-likeness (QED) is 0.285. The minimum atomic E-state index is 0.147. The smallest absolute Gasteiger partial charge is 0.224 e. The lowest BCUT2D eigenvalue weighted by atomic mass is 9.97. The Bertz CT molecular complexity index is 881. The van der Waals surface area contributed by atoms with Gasteiger partial charge in [-0.05, 0) is 51.2 Å². The molecular formula is C28H52N6OS. The van der Waals surface area contributed by atoms with E-state index >= 15 is 0 Å². The highest BCUT2D eigenvalue weighted by atomic mass is 32.1. The summed E-state index contributed by atoms with van der Waals surface area (Å²) in [5.74, 6) is 1.85. The van der Waals surface area contributed by atoms with Crippen LogP contribution in [0.1, 0.15) is 95.1 Å². The van der Waals surface area contributed by atoms with Gasteiger partial charge >= 0.3 is 0 Å². The van der Waals surface area contributed by atoms with Gasteiger partial charge in [-0.15, -0.1) is 11.3 Å². The molecule has 0 amide bonds. The predicted molar refractivity (Wildman–Crippen MR) is 159 cm³/mol. The van der Waals surface area contributed by atoms with Crippen LogP contribution in [0.5, 0.6) is 0 Å². The average Bonchev–Trinajstić information content (AvgIpc) is 3.22. The van der Waals surface area contributed by atoms with E-state index in [0.717, 1.165) is 66.5 Å². The normalized spacial score (nSPS) is 11.9. The van der Waals surface area contributed by atoms with Crippen LogP contribution in [-0.2, 0) is 12.8 Å². The van der Waals surface area contributed by atoms with Gasteiger partial charge in [-0.1, -0.05) is 54.9 Å². The monoisotopic (exact) mass is 520 g/mol. The molecule has 0 aliphatic rings. The summed E-state index contributed by atoms with van der Waals surface area (Å²) in [7, 11) is 1.75. The molecule has 206 valence electrons. The molecule has 2 heterocycles. The van der Waals surface area contributed by atoms with Crippen molar-refractivity contribution < 1.29 is 5.11 Å². The van der Waals surface area contributed by atoms with E-state index in [2.05, 4.69) is 57.2 Å². The molecule has 2 aromatic heterocycles. The van der Waals surface area contributed by atoms with Gasteiger partial charge < -0.3 is 20.7 Å². The van der Waals surface area contributed by atoms with Crippen LogP contribution in [0.15, 0.2) is 4.99 Å². The standard InChI is InChI=1S/C23H39N5OS.C3H7N.C2H6/c1-8-17(13-29)10-11-24-21-18(12-20-26-16(4)19(9-2)30-20)15(3)27-22(28-21)25-14-23(5,6)7;1-3-4-2;1-2/h17,29H,8-14H2,1-7H3,(H2,24,25,27,28);3H,1-2H3;1-2H3. The van der Waals surface area contributed by atoms with Gasteiger partial charge in [-0.25, -0.2) is 9.97 Å². The van der Waals surface area contributed by atoms with Gasteiger partial charge in [0.05, 0.1) is 10.7 Å². The van der Waals surface area contributed by atoms with E-state index in [1.165, 1.54) is 4.88 Å². The zero-order valence-electron chi connectivity index (χ0n) is 24.7. The fourth-order valence-corrected chi connectivity index (χ4v) is 4.26. The van der Waals surface area contributed by atoms with E-state index in [9.17, 15) is 5.11 Å². The van der Waals surface area contributed by atoms with Crippen LogP contribution >= 0.6 is 11.3 Å². The minimum absolute atomic E-state index is 0.147. The number of aliphatic hydroxyl groups is 1. The molecule has 1 unspecified atom stereocenters. The van der Waals surface area contributed by atoms with Crippen molar-refractivity contribution in [3.05, 3.63) is 26.8 Å². The molecule has 2 aromatic rings. The SMILES string of the molecule is CC.CC=NC.CCc1sc(Cc2c(C)nc(NCC(C)(C)C)nc2NCCC(CC)CO)nc1C. The lowest BCUT2D eigenvalue weighted by molar-refractivity contribution is 0.217. The first-order valence-electron chi connectivity index (χ1n) is 13.4. The van der Waals surface area contributed by atoms with Crippen LogP contribution in [0.25, 0.3) is 0 Å². The first-order chi connectivity index (χ1) is 17.1. The Labute approximate surface area is 224 Å². The van der Waals surface area contributed by atoms with Crippen molar-refractivity contribution in [1.82, 2.24) is 15.0 Å². The maximum atomic E-state index is 9.49. The summed E-state index contributed by atoms with van der Waals surface area (Å²) in [5, 5.41) is 17.5. The number of hydrogen-bond acceptors (Lipinski definition) is 8. The molecule has 0 bridgehead atoms. The molecule has 7 nitrogen and oxygen atoms in total. The Kier molecular flexibility index (Phi) is 17.2. The summed E-state index contributed by atoms with van der Waals surface area (Å²) in [6.07, 6.45) is 5.39. The molecule has 0 saturated heterocycles. The third-order valence-corrected chi connectivity index (χ3v) is 6.82. The van der Waals surface area contributed by atoms with Gasteiger partial charge in [0.25, 0.3) is 0 Å². The molecule has 2 rings (SSSR count). The van der Waals surface area contributed by atoms with Crippen molar-refractivity contribution in [3.63, 3.8) is 0 Å². The third kappa shape index (κ3) is 12.8. The molecule has 1 atom stereocenters. The van der Waals surface area contributed by atoms with E-state index < -0.39 is 0 Å². The highest BCUT2D eigenvalue weighted by Crippen LogP contribution is 2.27. The Morgan fingerprint density at radius 3 is 2.17 bits per heavy atom. The summed E-state index contributed by atoms with van der Waals surface area (Å²) in [6.45, 7) is 22.7. The van der Waals surface area contributed by atoms with E-state index in [0.29, 0.717) is 11.9 Å². The predicted octanol–water partition coefficient (Wildman–Crippen LogP) is 6.71. The maximum absolute atomic E-state index is 9.49. The second-order valence-electron chi connectivity index (χ2n) is 9.71. The van der Waals surface area contributed by atoms with Gasteiger partial charge in [-0.3, -0.25) is 0 Å². The Morgan fingerprint density at radius 1 is 1.06 bits per heavy atom. The number of aliphatic imine (C=N–C) groups is 1. The average molecular weight is 521 g/mol. The van der Waals surface area contributed by atoms with Crippen LogP contribution in [0.4, 0.5) is 11.8 Å². The van der Waals surface area contributed by atoms with Crippen molar-refractivity contribution in [2.75, 3.05) is 37.4 Å². The fraction of sp³-hybridized carbons (Fsp3) is 0.714. The zero-order valence-corrected chi connectivity index (χ0v) is 25.6. The number of aromatic nitrogens is 3. The zero-order chi connectivity index (χ0) is 27.7. The largest absolute Gasteiger partial charge is 0.396 e. The van der Waals surface area contributed by atoms with Gasteiger partial charge in [0.1, 0.15) is 5.82 Å². The third-order valence-electron chi connectivity index (χ3n) is 5.52. The van der Waals surface area contributed by atoms with E-state index in [-0.39, 0.29) is 12.0 Å². The van der Waals surface area contributed by atoms with E-state index in [1.807, 2.05) is 27.7 Å². The van der Waals surface area contributed by atoms with Gasteiger partial charge in [0, 0.05) is 49.3 Å². The van der Waals surface area contributed by atoms with Crippen molar-refractivity contribution in [1.29, 1.82) is 0 Å². The fourth-order valence-electron chi connectivity index (χ4n) is 3.24. The Balaban J connectivity index is 0.00000185. The molecule has 0 radical (unpaired) electrons. The van der Waals surface area contributed by atoms with Gasteiger partial charge in [-0.2, -0.15) is 4.98 Å². The second kappa shape index (κ2) is 18.2. The molecule has 0 aliphatic carbocycles. The summed E-state index contributed by atoms with van der Waals surface area (Å²) in [6, 6.07) is 0. The molecular weight excluding hydrogens is 468 g/mol. The number of aryl methyl sites for hydroxylation is 3. The number of rotatable bonds is 11. The molecule has 0 aliphatic heterocycles. The van der Waals surface area contributed by atoms with Crippen molar-refractivity contribution in [2.45, 2.75) is 94.9 Å². The molecule has 0 fully saturated rings. The van der Waals surface area contributed by atoms with Crippen LogP contribution in [0.3, 0.4) is 0 Å². The van der Waals surface area contributed by atoms with Crippen LogP contribution in [0, 0.1) is 25.2 Å². The van der Waals surface area contributed by atoms with Gasteiger partial charge in [0.2, 0.25) is 5.95 Å². The van der Waals surface area contributed by atoms with E-state index in [1.54, 1.807) is 24.6 Å². The number of aliphatic hydroxyl groups excluding tert-OH is 1. The number of hydrogen-bond donors (Lipinski definition) is 3. The number of anilines is 2. The van der Waals surface area contributed by atoms with Crippen molar-refractivity contribution >= 4 is 29.3 Å². The maximum Gasteiger partial charge on any atom is 0.224 e. The summed E-state index contributed by atoms with van der Waals surface area (Å²) in [5.41, 5.74) is 3.35. The molecule has 0 spiro atoms. The number of nitrogens with one attached hydrogen (secondary N) is 2. The van der Waals surface area contributed by atoms with Crippen molar-refractivity contribution in [2.24, 2.45) is 16.3 Å². The first kappa shape index (κ1) is 33.9. The summed E-state index contributed by atoms with van der Waals surface area (Å²) >= 11 is 1.78. The number of thiazole rings is 1. The lowest BCUT2D eigenvalue weighted by Gasteiger charge is -2.20. The minimum Gasteiger partial charge on any atom is -0.396 e. The second-order valence-corrected chi connectivity index (χ2v) is 10.9. The molecule has 0 saturated carbocycles. The molecule has 8 heteroatoms. The molecule has 0 aromatic carbocycles. The van der Waals surface area contributed by atoms with Crippen LogP contribution in [0.2, 0.25) is 0 Å². The van der Waals surface area contributed by atoms with Gasteiger partial charge in [0.15, 0.2) is 0 Å². The number of nitrogens with zero attached hydrogens (tertiary/aromatic N) is 4. The molecule has 36 heavy (non-hydrogen) atoms. The Hall–Kier alpha value is -2.06. The Morgan fingerprint density at radius 2 is 1.69 bits per heavy atom. The van der Waals surface area contributed by atoms with E-state index in [4.69, 9.17) is 15.0 Å². The highest BCUT2D eigenvalue weighted by molar-refractivity contribution is 7.11. The molecule has 3 N–H and O–H groups in total. The van der Waals surface area contributed by atoms with Crippen LogP contribution < -0.4 is 10.6 Å². The lowest BCUT2D eigenvalue weighted by Crippen LogP contribution is -2.21. The van der Waals surface area contributed by atoms with Crippen molar-refractivity contribution in [3.8, 4) is 0 Å². The van der Waals surface area contributed by atoms with Crippen LogP contribution in [-0.4, -0.2) is 53.0 Å². The first-order valence-corrected chi connectivity index (χ1v) is 14.2. The summed E-state index contributed by atoms with van der Waals surface area (Å²) < 4.78 is 0. The summed E-state index contributed by atoms with van der Waals surface area (Å²) in [4.78, 5) is 19.3. The highest BCUT2D eigenvalue weighted by Gasteiger charge is 2.17. The topological polar surface area (TPSA) is 95.3 Å².